The van der Waals surface area contributed by atoms with Crippen LogP contribution in [0.5, 0.6) is 0 Å². The number of nitrogens with zero attached hydrogens (tertiary/aromatic N) is 1. The Morgan fingerprint density at radius 3 is 2.71 bits per heavy atom. The largest absolute Gasteiger partial charge is 0.467 e. The summed E-state index contributed by atoms with van der Waals surface area (Å²) >= 11 is 0. The second-order valence-corrected chi connectivity index (χ2v) is 5.84. The van der Waals surface area contributed by atoms with Gasteiger partial charge in [0, 0.05) is 12.5 Å². The average molecular weight is 333 g/mol. The van der Waals surface area contributed by atoms with Gasteiger partial charge in [0.1, 0.15) is 0 Å². The van der Waals surface area contributed by atoms with Crippen LogP contribution in [0.25, 0.3) is 0 Å². The Kier molecular flexibility index (Phi) is 5.98. The minimum absolute atomic E-state index is 0.0423. The molecule has 1 aliphatic rings. The Balaban J connectivity index is 2.23. The molecule has 1 aromatic carbocycles. The van der Waals surface area contributed by atoms with E-state index in [1.165, 1.54) is 7.11 Å². The normalized spacial score (nSPS) is 23.0. The quantitative estimate of drug-likeness (QED) is 0.613. The van der Waals surface area contributed by atoms with Crippen molar-refractivity contribution in [1.82, 2.24) is 4.90 Å². The number of rotatable bonds is 7. The van der Waals surface area contributed by atoms with E-state index in [9.17, 15) is 14.7 Å². The van der Waals surface area contributed by atoms with Crippen molar-refractivity contribution in [3.63, 3.8) is 0 Å². The van der Waals surface area contributed by atoms with Gasteiger partial charge in [0.2, 0.25) is 0 Å². The van der Waals surface area contributed by atoms with Gasteiger partial charge < -0.3 is 14.6 Å². The first-order valence-electron chi connectivity index (χ1n) is 7.87. The predicted octanol–water partition coefficient (Wildman–Crippen LogP) is 2.69. The van der Waals surface area contributed by atoms with E-state index < -0.39 is 17.6 Å². The molecule has 0 bridgehead atoms. The summed E-state index contributed by atoms with van der Waals surface area (Å²) in [5.41, 5.74) is -0.374. The van der Waals surface area contributed by atoms with Crippen LogP contribution in [-0.2, 0) is 20.9 Å². The highest BCUT2D eigenvalue weighted by Gasteiger charge is 2.57. The molecule has 1 amide bonds. The molecule has 1 N–H and O–H groups in total. The molecule has 0 aromatic heterocycles. The third kappa shape index (κ3) is 3.43. The number of likely N-dealkylation sites (tertiary alicyclic amines) is 1. The van der Waals surface area contributed by atoms with Gasteiger partial charge >= 0.3 is 12.1 Å². The van der Waals surface area contributed by atoms with Crippen molar-refractivity contribution >= 4 is 12.1 Å². The molecule has 6 nitrogen and oxygen atoms in total. The third-order valence-electron chi connectivity index (χ3n) is 4.51. The molecule has 0 spiro atoms. The minimum Gasteiger partial charge on any atom is -0.467 e. The van der Waals surface area contributed by atoms with Gasteiger partial charge in [0.25, 0.3) is 0 Å². The number of carboxylic acid groups (broad SMARTS) is 1. The van der Waals surface area contributed by atoms with Gasteiger partial charge in [-0.25, -0.2) is 9.59 Å². The minimum atomic E-state index is -1.33. The van der Waals surface area contributed by atoms with Crippen LogP contribution in [0.15, 0.2) is 43.0 Å². The van der Waals surface area contributed by atoms with E-state index in [0.717, 1.165) is 10.5 Å². The maximum Gasteiger partial charge on any atom is 0.408 e. The molecule has 0 aliphatic carbocycles. The van der Waals surface area contributed by atoms with Gasteiger partial charge in [-0.2, -0.15) is 0 Å². The van der Waals surface area contributed by atoms with E-state index >= 15 is 0 Å². The lowest BCUT2D eigenvalue weighted by atomic mass is 9.83. The molecule has 1 aliphatic heterocycles. The lowest BCUT2D eigenvalue weighted by molar-refractivity contribution is -0.160. The van der Waals surface area contributed by atoms with Gasteiger partial charge in [-0.15, -0.1) is 6.58 Å². The zero-order valence-electron chi connectivity index (χ0n) is 13.8. The highest BCUT2D eigenvalue weighted by molar-refractivity contribution is 5.86. The molecular weight excluding hydrogens is 310 g/mol. The number of benzene rings is 1. The first-order chi connectivity index (χ1) is 11.6. The van der Waals surface area contributed by atoms with Crippen LogP contribution in [0, 0.1) is 5.92 Å². The maximum atomic E-state index is 12.5. The molecule has 2 unspecified atom stereocenters. The van der Waals surface area contributed by atoms with Crippen molar-refractivity contribution in [2.24, 2.45) is 5.92 Å². The Morgan fingerprint density at radius 2 is 2.12 bits per heavy atom. The summed E-state index contributed by atoms with van der Waals surface area (Å²) in [6.45, 7) is 4.25. The number of methoxy groups -OCH3 is 1. The average Bonchev–Trinajstić information content (AvgIpc) is 2.95. The number of carbonyl (C=O) groups is 2. The Bertz CT molecular complexity index is 588. The van der Waals surface area contributed by atoms with Crippen molar-refractivity contribution in [3.8, 4) is 0 Å². The van der Waals surface area contributed by atoms with E-state index in [-0.39, 0.29) is 19.1 Å². The zero-order valence-corrected chi connectivity index (χ0v) is 13.8. The highest BCUT2D eigenvalue weighted by atomic mass is 16.5. The molecule has 2 rings (SSSR count). The first-order valence-corrected chi connectivity index (χ1v) is 7.87. The van der Waals surface area contributed by atoms with Crippen LogP contribution in [0.1, 0.15) is 18.4 Å². The fraction of sp³-hybridized carbons (Fsp3) is 0.444. The standard InChI is InChI=1S/C18H23NO5/c1-3-7-15-10-11-19(17(21)22)18(15,16(20)23-2)13-24-12-14-8-5-4-6-9-14/h3-6,8-9,15H,1,7,10-13H2,2H3,(H,21,22). The smallest absolute Gasteiger partial charge is 0.408 e. The van der Waals surface area contributed by atoms with Gasteiger partial charge in [-0.1, -0.05) is 36.4 Å². The van der Waals surface area contributed by atoms with Crippen LogP contribution in [0.2, 0.25) is 0 Å². The van der Waals surface area contributed by atoms with Gasteiger partial charge in [-0.3, -0.25) is 4.90 Å². The van der Waals surface area contributed by atoms with Crippen molar-refractivity contribution in [1.29, 1.82) is 0 Å². The summed E-state index contributed by atoms with van der Waals surface area (Å²) in [6, 6.07) is 9.52. The molecule has 24 heavy (non-hydrogen) atoms. The topological polar surface area (TPSA) is 76.1 Å². The molecule has 2 atom stereocenters. The number of ether oxygens (including phenoxy) is 2. The molecule has 1 fully saturated rings. The second kappa shape index (κ2) is 7.97. The van der Waals surface area contributed by atoms with Gasteiger partial charge in [0.15, 0.2) is 5.54 Å². The SMILES string of the molecule is C=CCC1CCN(C(=O)O)C1(COCc1ccccc1)C(=O)OC. The van der Waals surface area contributed by atoms with Crippen molar-refractivity contribution in [2.45, 2.75) is 25.0 Å². The predicted molar refractivity (Wildman–Crippen MR) is 88.5 cm³/mol. The molecule has 130 valence electrons. The van der Waals surface area contributed by atoms with Crippen LogP contribution >= 0.6 is 0 Å². The van der Waals surface area contributed by atoms with E-state index in [2.05, 4.69) is 6.58 Å². The summed E-state index contributed by atoms with van der Waals surface area (Å²) in [6.07, 6.45) is 1.65. The monoisotopic (exact) mass is 333 g/mol. The van der Waals surface area contributed by atoms with E-state index in [1.807, 2.05) is 30.3 Å². The van der Waals surface area contributed by atoms with Crippen molar-refractivity contribution in [2.75, 3.05) is 20.3 Å². The molecule has 1 aromatic rings. The van der Waals surface area contributed by atoms with Crippen LogP contribution < -0.4 is 0 Å². The fourth-order valence-corrected chi connectivity index (χ4v) is 3.33. The molecule has 0 radical (unpaired) electrons. The lowest BCUT2D eigenvalue weighted by Gasteiger charge is -2.37. The molecule has 6 heteroatoms. The number of allylic oxidation sites excluding steroid dienone is 1. The lowest BCUT2D eigenvalue weighted by Crippen LogP contribution is -2.59. The Hall–Kier alpha value is -2.34. The Labute approximate surface area is 141 Å². The molecule has 0 saturated carbocycles. The third-order valence-corrected chi connectivity index (χ3v) is 4.51. The Morgan fingerprint density at radius 1 is 1.42 bits per heavy atom. The van der Waals surface area contributed by atoms with Gasteiger partial charge in [0.05, 0.1) is 20.3 Å². The van der Waals surface area contributed by atoms with Crippen molar-refractivity contribution in [3.05, 3.63) is 48.6 Å². The molecule has 1 saturated heterocycles. The van der Waals surface area contributed by atoms with Crippen LogP contribution in [0.3, 0.4) is 0 Å². The van der Waals surface area contributed by atoms with E-state index in [0.29, 0.717) is 19.4 Å². The highest BCUT2D eigenvalue weighted by Crippen LogP contribution is 2.39. The number of carbonyl (C=O) groups excluding carboxylic acids is 1. The van der Waals surface area contributed by atoms with E-state index in [1.54, 1.807) is 6.08 Å². The summed E-state index contributed by atoms with van der Waals surface area (Å²) in [7, 11) is 1.27. The maximum absolute atomic E-state index is 12.5. The van der Waals surface area contributed by atoms with Crippen molar-refractivity contribution < 1.29 is 24.2 Å². The summed E-state index contributed by atoms with van der Waals surface area (Å²) < 4.78 is 10.7. The summed E-state index contributed by atoms with van der Waals surface area (Å²) in [4.78, 5) is 25.3. The van der Waals surface area contributed by atoms with Crippen LogP contribution in [0.4, 0.5) is 4.79 Å². The number of amides is 1. The molecular formula is C18H23NO5. The van der Waals surface area contributed by atoms with Gasteiger partial charge in [-0.05, 0) is 18.4 Å². The molecule has 1 heterocycles. The fourth-order valence-electron chi connectivity index (χ4n) is 3.33. The summed E-state index contributed by atoms with van der Waals surface area (Å²) in [5, 5.41) is 9.53. The second-order valence-electron chi connectivity index (χ2n) is 5.84. The summed E-state index contributed by atoms with van der Waals surface area (Å²) in [5.74, 6) is -0.795. The van der Waals surface area contributed by atoms with E-state index in [4.69, 9.17) is 9.47 Å². The van der Waals surface area contributed by atoms with Crippen LogP contribution in [-0.4, -0.2) is 47.9 Å². The zero-order chi connectivity index (χ0) is 17.6. The number of esters is 1. The first kappa shape index (κ1) is 18.0. The number of hydrogen-bond donors (Lipinski definition) is 1. The number of hydrogen-bond acceptors (Lipinski definition) is 4.